The van der Waals surface area contributed by atoms with Gasteiger partial charge in [0.25, 0.3) is 0 Å². The van der Waals surface area contributed by atoms with Gasteiger partial charge in [0.2, 0.25) is 5.91 Å². The predicted molar refractivity (Wildman–Crippen MR) is 76.7 cm³/mol. The van der Waals surface area contributed by atoms with Gasteiger partial charge in [0, 0.05) is 6.04 Å². The molecule has 1 rings (SSSR count). The van der Waals surface area contributed by atoms with Gasteiger partial charge in [-0.3, -0.25) is 4.79 Å². The number of nitrogens with one attached hydrogen (secondary N) is 2. The van der Waals surface area contributed by atoms with Crippen LogP contribution in [0.1, 0.15) is 39.2 Å². The first-order valence-corrected chi connectivity index (χ1v) is 6.81. The van der Waals surface area contributed by atoms with Crippen molar-refractivity contribution >= 4 is 11.6 Å². The topological polar surface area (TPSA) is 41.1 Å². The normalized spacial score (nSPS) is 12.3. The fourth-order valence-corrected chi connectivity index (χ4v) is 1.85. The van der Waals surface area contributed by atoms with Crippen molar-refractivity contribution in [3.8, 4) is 0 Å². The molecule has 2 N–H and O–H groups in total. The quantitative estimate of drug-likeness (QED) is 0.830. The number of carbonyl (C=O) groups is 1. The molecule has 0 radical (unpaired) electrons. The molecule has 19 heavy (non-hydrogen) atoms. The molecule has 0 aromatic heterocycles. The van der Waals surface area contributed by atoms with Crippen LogP contribution in [0, 0.1) is 12.7 Å². The van der Waals surface area contributed by atoms with E-state index in [1.807, 2.05) is 26.8 Å². The van der Waals surface area contributed by atoms with E-state index in [-0.39, 0.29) is 17.8 Å². The summed E-state index contributed by atoms with van der Waals surface area (Å²) >= 11 is 0. The molecule has 0 aliphatic carbocycles. The summed E-state index contributed by atoms with van der Waals surface area (Å²) in [6, 6.07) is 4.65. The van der Waals surface area contributed by atoms with Gasteiger partial charge in [-0.2, -0.15) is 0 Å². The van der Waals surface area contributed by atoms with Gasteiger partial charge in [-0.1, -0.05) is 19.9 Å². The minimum atomic E-state index is -0.460. The highest BCUT2D eigenvalue weighted by atomic mass is 19.1. The van der Waals surface area contributed by atoms with Crippen molar-refractivity contribution in [2.24, 2.45) is 0 Å². The second-order valence-corrected chi connectivity index (χ2v) is 4.87. The highest BCUT2D eigenvalue weighted by Gasteiger charge is 2.16. The van der Waals surface area contributed by atoms with Gasteiger partial charge in [-0.05, 0) is 44.4 Å². The molecule has 3 nitrogen and oxygen atoms in total. The molecule has 1 aromatic carbocycles. The van der Waals surface area contributed by atoms with Gasteiger partial charge < -0.3 is 10.6 Å². The molecule has 0 spiro atoms. The Hall–Kier alpha value is -1.58. The molecule has 0 saturated carbocycles. The maximum absolute atomic E-state index is 13.7. The van der Waals surface area contributed by atoms with Gasteiger partial charge in [0.15, 0.2) is 0 Å². The molecule has 1 atom stereocenters. The van der Waals surface area contributed by atoms with E-state index >= 15 is 0 Å². The molecule has 0 aliphatic heterocycles. The Labute approximate surface area is 114 Å². The Kier molecular flexibility index (Phi) is 5.80. The standard InChI is InChI=1S/C15H23FN2O/c1-5-12(6-2)18-15(19)11(4)17-14-8-7-10(3)9-13(14)16/h7-9,11-12,17H,5-6H2,1-4H3,(H,18,19). The molecule has 4 heteroatoms. The number of hydrogen-bond acceptors (Lipinski definition) is 2. The molecule has 1 aromatic rings. The van der Waals surface area contributed by atoms with Gasteiger partial charge in [0.1, 0.15) is 11.9 Å². The third kappa shape index (κ3) is 4.54. The van der Waals surface area contributed by atoms with Crippen LogP contribution in [0.2, 0.25) is 0 Å². The molecule has 0 saturated heterocycles. The van der Waals surface area contributed by atoms with Crippen molar-refractivity contribution in [3.63, 3.8) is 0 Å². The summed E-state index contributed by atoms with van der Waals surface area (Å²) in [7, 11) is 0. The van der Waals surface area contributed by atoms with Gasteiger partial charge >= 0.3 is 0 Å². The van der Waals surface area contributed by atoms with E-state index in [1.165, 1.54) is 6.07 Å². The highest BCUT2D eigenvalue weighted by molar-refractivity contribution is 5.84. The summed E-state index contributed by atoms with van der Waals surface area (Å²) in [6.07, 6.45) is 1.79. The SMILES string of the molecule is CCC(CC)NC(=O)C(C)Nc1ccc(C)cc1F. The summed E-state index contributed by atoms with van der Waals surface area (Å²) < 4.78 is 13.7. The zero-order valence-electron chi connectivity index (χ0n) is 12.1. The third-order valence-electron chi connectivity index (χ3n) is 3.22. The Bertz CT molecular complexity index is 430. The van der Waals surface area contributed by atoms with Crippen LogP contribution in [0.5, 0.6) is 0 Å². The molecule has 0 aliphatic rings. The van der Waals surface area contributed by atoms with Crippen LogP contribution in [0.25, 0.3) is 0 Å². The number of benzene rings is 1. The maximum atomic E-state index is 13.7. The lowest BCUT2D eigenvalue weighted by Gasteiger charge is -2.20. The van der Waals surface area contributed by atoms with E-state index in [1.54, 1.807) is 13.0 Å². The predicted octanol–water partition coefficient (Wildman–Crippen LogP) is 3.24. The van der Waals surface area contributed by atoms with Crippen LogP contribution in [0.4, 0.5) is 10.1 Å². The number of rotatable bonds is 6. The first-order valence-electron chi connectivity index (χ1n) is 6.81. The van der Waals surface area contributed by atoms with Crippen molar-refractivity contribution in [2.45, 2.75) is 52.6 Å². The number of aryl methyl sites for hydroxylation is 1. The monoisotopic (exact) mass is 266 g/mol. The number of halogens is 1. The van der Waals surface area contributed by atoms with E-state index in [0.717, 1.165) is 18.4 Å². The fourth-order valence-electron chi connectivity index (χ4n) is 1.85. The van der Waals surface area contributed by atoms with Crippen molar-refractivity contribution in [1.82, 2.24) is 5.32 Å². The van der Waals surface area contributed by atoms with E-state index in [4.69, 9.17) is 0 Å². The maximum Gasteiger partial charge on any atom is 0.242 e. The molecule has 1 amide bonds. The molecule has 0 fully saturated rings. The lowest BCUT2D eigenvalue weighted by Crippen LogP contribution is -2.42. The number of amides is 1. The molecular formula is C15H23FN2O. The molecule has 0 heterocycles. The van der Waals surface area contributed by atoms with Crippen LogP contribution < -0.4 is 10.6 Å². The van der Waals surface area contributed by atoms with Crippen LogP contribution in [0.3, 0.4) is 0 Å². The smallest absolute Gasteiger partial charge is 0.242 e. The van der Waals surface area contributed by atoms with Gasteiger partial charge in [-0.15, -0.1) is 0 Å². The zero-order chi connectivity index (χ0) is 14.4. The van der Waals surface area contributed by atoms with E-state index in [2.05, 4.69) is 10.6 Å². The summed E-state index contributed by atoms with van der Waals surface area (Å²) in [5.41, 5.74) is 1.22. The minimum absolute atomic E-state index is 0.103. The van der Waals surface area contributed by atoms with Crippen molar-refractivity contribution < 1.29 is 9.18 Å². The third-order valence-corrected chi connectivity index (χ3v) is 3.22. The van der Waals surface area contributed by atoms with Crippen molar-refractivity contribution in [3.05, 3.63) is 29.6 Å². The number of carbonyl (C=O) groups excluding carboxylic acids is 1. The summed E-state index contributed by atoms with van der Waals surface area (Å²) in [5, 5.41) is 5.85. The second-order valence-electron chi connectivity index (χ2n) is 4.87. The number of hydrogen-bond donors (Lipinski definition) is 2. The average molecular weight is 266 g/mol. The fraction of sp³-hybridized carbons (Fsp3) is 0.533. The lowest BCUT2D eigenvalue weighted by molar-refractivity contribution is -0.122. The molecule has 0 bridgehead atoms. The van der Waals surface area contributed by atoms with Crippen LogP contribution in [0.15, 0.2) is 18.2 Å². The Morgan fingerprint density at radius 2 is 1.95 bits per heavy atom. The summed E-state index contributed by atoms with van der Waals surface area (Å²) in [5.74, 6) is -0.434. The number of anilines is 1. The lowest BCUT2D eigenvalue weighted by atomic mass is 10.1. The summed E-state index contributed by atoms with van der Waals surface area (Å²) in [6.45, 7) is 7.63. The first-order chi connectivity index (χ1) is 8.97. The highest BCUT2D eigenvalue weighted by Crippen LogP contribution is 2.16. The van der Waals surface area contributed by atoms with Crippen molar-refractivity contribution in [2.75, 3.05) is 5.32 Å². The average Bonchev–Trinajstić information content (AvgIpc) is 2.38. The Morgan fingerprint density at radius 3 is 2.47 bits per heavy atom. The molecular weight excluding hydrogens is 243 g/mol. The van der Waals surface area contributed by atoms with Crippen LogP contribution in [-0.2, 0) is 4.79 Å². The molecule has 1 unspecified atom stereocenters. The van der Waals surface area contributed by atoms with E-state index < -0.39 is 6.04 Å². The van der Waals surface area contributed by atoms with E-state index in [0.29, 0.717) is 5.69 Å². The van der Waals surface area contributed by atoms with Gasteiger partial charge in [-0.25, -0.2) is 4.39 Å². The van der Waals surface area contributed by atoms with Gasteiger partial charge in [0.05, 0.1) is 5.69 Å². The second kappa shape index (κ2) is 7.12. The Morgan fingerprint density at radius 1 is 1.32 bits per heavy atom. The van der Waals surface area contributed by atoms with E-state index in [9.17, 15) is 9.18 Å². The zero-order valence-corrected chi connectivity index (χ0v) is 12.1. The van der Waals surface area contributed by atoms with Crippen LogP contribution in [-0.4, -0.2) is 18.0 Å². The largest absolute Gasteiger partial charge is 0.372 e. The van der Waals surface area contributed by atoms with Crippen molar-refractivity contribution in [1.29, 1.82) is 0 Å². The van der Waals surface area contributed by atoms with Crippen LogP contribution >= 0.6 is 0 Å². The molecule has 106 valence electrons. The minimum Gasteiger partial charge on any atom is -0.372 e. The first kappa shape index (κ1) is 15.5. The summed E-state index contributed by atoms with van der Waals surface area (Å²) in [4.78, 5) is 12.0. The Balaban J connectivity index is 2.63.